The molecule has 0 aromatic carbocycles. The third-order valence-electron chi connectivity index (χ3n) is 3.80. The summed E-state index contributed by atoms with van der Waals surface area (Å²) >= 11 is 1.58. The van der Waals surface area contributed by atoms with E-state index in [-0.39, 0.29) is 17.9 Å². The molecule has 18 heavy (non-hydrogen) atoms. The van der Waals surface area contributed by atoms with Gasteiger partial charge in [-0.05, 0) is 44.3 Å². The first-order chi connectivity index (χ1) is 8.59. The Morgan fingerprint density at radius 1 is 1.56 bits per heavy atom. The molecule has 1 aromatic rings. The van der Waals surface area contributed by atoms with Crippen LogP contribution < -0.4 is 5.73 Å². The van der Waals surface area contributed by atoms with Gasteiger partial charge in [-0.15, -0.1) is 11.3 Å². The number of thiophene rings is 1. The van der Waals surface area contributed by atoms with Crippen LogP contribution in [0.5, 0.6) is 0 Å². The summed E-state index contributed by atoms with van der Waals surface area (Å²) in [6.07, 6.45) is 1.16. The number of likely N-dealkylation sites (tertiary alicyclic amines) is 1. The SMILES string of the molecule is CC(C(O)c1cccs1)N1CCC(C(N)=O)CC1. The summed E-state index contributed by atoms with van der Waals surface area (Å²) in [4.78, 5) is 14.3. The van der Waals surface area contributed by atoms with E-state index in [1.54, 1.807) is 11.3 Å². The molecule has 0 aliphatic carbocycles. The Bertz CT molecular complexity index is 386. The highest BCUT2D eigenvalue weighted by Gasteiger charge is 2.29. The zero-order chi connectivity index (χ0) is 13.1. The van der Waals surface area contributed by atoms with Gasteiger partial charge in [-0.1, -0.05) is 6.07 Å². The fourth-order valence-corrected chi connectivity index (χ4v) is 3.30. The van der Waals surface area contributed by atoms with Crippen molar-refractivity contribution in [2.75, 3.05) is 13.1 Å². The van der Waals surface area contributed by atoms with Crippen molar-refractivity contribution in [3.05, 3.63) is 22.4 Å². The molecule has 0 spiro atoms. The lowest BCUT2D eigenvalue weighted by Crippen LogP contribution is -2.44. The largest absolute Gasteiger partial charge is 0.386 e. The quantitative estimate of drug-likeness (QED) is 0.866. The highest BCUT2D eigenvalue weighted by atomic mass is 32.1. The lowest BCUT2D eigenvalue weighted by molar-refractivity contribution is -0.123. The maximum atomic E-state index is 11.1. The summed E-state index contributed by atoms with van der Waals surface area (Å²) in [6.45, 7) is 3.70. The molecule has 1 aromatic heterocycles. The Morgan fingerprint density at radius 3 is 2.72 bits per heavy atom. The number of aliphatic hydroxyl groups excluding tert-OH is 1. The third kappa shape index (κ3) is 2.91. The lowest BCUT2D eigenvalue weighted by atomic mass is 9.94. The number of rotatable bonds is 4. The van der Waals surface area contributed by atoms with E-state index in [2.05, 4.69) is 4.90 Å². The van der Waals surface area contributed by atoms with E-state index in [1.807, 2.05) is 24.4 Å². The Balaban J connectivity index is 1.91. The Kier molecular flexibility index (Phi) is 4.37. The van der Waals surface area contributed by atoms with E-state index in [4.69, 9.17) is 5.73 Å². The van der Waals surface area contributed by atoms with Gasteiger partial charge in [0.25, 0.3) is 0 Å². The highest BCUT2D eigenvalue weighted by molar-refractivity contribution is 7.10. The van der Waals surface area contributed by atoms with Crippen LogP contribution in [-0.4, -0.2) is 35.0 Å². The fourth-order valence-electron chi connectivity index (χ4n) is 2.49. The van der Waals surface area contributed by atoms with Crippen molar-refractivity contribution >= 4 is 17.2 Å². The molecule has 2 rings (SSSR count). The first-order valence-corrected chi connectivity index (χ1v) is 7.22. The van der Waals surface area contributed by atoms with Crippen LogP contribution in [0.1, 0.15) is 30.7 Å². The summed E-state index contributed by atoms with van der Waals surface area (Å²) in [5.41, 5.74) is 5.32. The second kappa shape index (κ2) is 5.82. The third-order valence-corrected chi connectivity index (χ3v) is 4.74. The molecular weight excluding hydrogens is 248 g/mol. The van der Waals surface area contributed by atoms with E-state index >= 15 is 0 Å². The van der Waals surface area contributed by atoms with Gasteiger partial charge in [0.1, 0.15) is 6.10 Å². The molecule has 2 unspecified atom stereocenters. The van der Waals surface area contributed by atoms with Crippen molar-refractivity contribution in [3.63, 3.8) is 0 Å². The molecule has 0 saturated carbocycles. The van der Waals surface area contributed by atoms with E-state index in [0.29, 0.717) is 0 Å². The molecule has 5 heteroatoms. The molecule has 1 aliphatic heterocycles. The monoisotopic (exact) mass is 268 g/mol. The van der Waals surface area contributed by atoms with Gasteiger partial charge in [-0.25, -0.2) is 0 Å². The van der Waals surface area contributed by atoms with E-state index in [0.717, 1.165) is 30.8 Å². The smallest absolute Gasteiger partial charge is 0.220 e. The van der Waals surface area contributed by atoms with E-state index < -0.39 is 6.10 Å². The number of nitrogens with two attached hydrogens (primary N) is 1. The van der Waals surface area contributed by atoms with Gasteiger partial charge in [0.15, 0.2) is 0 Å². The molecule has 0 radical (unpaired) electrons. The van der Waals surface area contributed by atoms with Crippen LogP contribution >= 0.6 is 11.3 Å². The van der Waals surface area contributed by atoms with Gasteiger partial charge < -0.3 is 10.8 Å². The predicted octanol–water partition coefficient (Wildman–Crippen LogP) is 1.37. The number of carbonyl (C=O) groups excluding carboxylic acids is 1. The van der Waals surface area contributed by atoms with Crippen LogP contribution in [0, 0.1) is 5.92 Å². The zero-order valence-corrected chi connectivity index (χ0v) is 11.4. The molecule has 4 nitrogen and oxygen atoms in total. The summed E-state index contributed by atoms with van der Waals surface area (Å²) < 4.78 is 0. The van der Waals surface area contributed by atoms with Crippen LogP contribution in [0.25, 0.3) is 0 Å². The standard InChI is InChI=1S/C13H20N2O2S/c1-9(12(16)11-3-2-8-18-11)15-6-4-10(5-7-15)13(14)17/h2-3,8-10,12,16H,4-7H2,1H3,(H2,14,17). The normalized spacial score (nSPS) is 21.7. The van der Waals surface area contributed by atoms with Gasteiger partial charge in [0.05, 0.1) is 0 Å². The number of nitrogens with zero attached hydrogens (tertiary/aromatic N) is 1. The molecule has 2 atom stereocenters. The van der Waals surface area contributed by atoms with Gasteiger partial charge in [-0.3, -0.25) is 9.69 Å². The van der Waals surface area contributed by atoms with Crippen molar-refractivity contribution in [1.29, 1.82) is 0 Å². The van der Waals surface area contributed by atoms with Crippen LogP contribution in [-0.2, 0) is 4.79 Å². The molecule has 0 bridgehead atoms. The van der Waals surface area contributed by atoms with Gasteiger partial charge in [0, 0.05) is 16.8 Å². The van der Waals surface area contributed by atoms with Gasteiger partial charge >= 0.3 is 0 Å². The molecule has 1 aliphatic rings. The molecule has 1 saturated heterocycles. The molecule has 3 N–H and O–H groups in total. The van der Waals surface area contributed by atoms with Crippen molar-refractivity contribution in [1.82, 2.24) is 4.90 Å². The average Bonchev–Trinajstić information content (AvgIpc) is 2.91. The minimum atomic E-state index is -0.449. The number of amides is 1. The Labute approximate surface area is 111 Å². The van der Waals surface area contributed by atoms with E-state index in [1.165, 1.54) is 0 Å². The van der Waals surface area contributed by atoms with Crippen molar-refractivity contribution in [2.24, 2.45) is 11.7 Å². The molecule has 1 fully saturated rings. The second-order valence-electron chi connectivity index (χ2n) is 4.91. The number of piperidine rings is 1. The number of primary amides is 1. The van der Waals surface area contributed by atoms with E-state index in [9.17, 15) is 9.90 Å². The van der Waals surface area contributed by atoms with Crippen molar-refractivity contribution in [2.45, 2.75) is 31.9 Å². The fraction of sp³-hybridized carbons (Fsp3) is 0.615. The minimum absolute atomic E-state index is 0.00679. The molecule has 1 amide bonds. The Morgan fingerprint density at radius 2 is 2.22 bits per heavy atom. The first kappa shape index (κ1) is 13.5. The number of hydrogen-bond donors (Lipinski definition) is 2. The number of carbonyl (C=O) groups is 1. The molecule has 100 valence electrons. The number of aliphatic hydroxyl groups is 1. The van der Waals surface area contributed by atoms with Crippen molar-refractivity contribution in [3.8, 4) is 0 Å². The van der Waals surface area contributed by atoms with Gasteiger partial charge in [-0.2, -0.15) is 0 Å². The molecule has 2 heterocycles. The summed E-state index contributed by atoms with van der Waals surface area (Å²) in [6, 6.07) is 3.99. The zero-order valence-electron chi connectivity index (χ0n) is 10.6. The maximum Gasteiger partial charge on any atom is 0.220 e. The lowest BCUT2D eigenvalue weighted by Gasteiger charge is -2.36. The van der Waals surface area contributed by atoms with Crippen LogP contribution in [0.2, 0.25) is 0 Å². The minimum Gasteiger partial charge on any atom is -0.386 e. The highest BCUT2D eigenvalue weighted by Crippen LogP contribution is 2.27. The second-order valence-corrected chi connectivity index (χ2v) is 5.89. The van der Waals surface area contributed by atoms with Crippen LogP contribution in [0.4, 0.5) is 0 Å². The number of hydrogen-bond acceptors (Lipinski definition) is 4. The maximum absolute atomic E-state index is 11.1. The predicted molar refractivity (Wildman–Crippen MR) is 72.2 cm³/mol. The molecular formula is C13H20N2O2S. The van der Waals surface area contributed by atoms with Crippen LogP contribution in [0.3, 0.4) is 0 Å². The summed E-state index contributed by atoms with van der Waals surface area (Å²) in [5.74, 6) is -0.187. The summed E-state index contributed by atoms with van der Waals surface area (Å²) in [7, 11) is 0. The van der Waals surface area contributed by atoms with Crippen molar-refractivity contribution < 1.29 is 9.90 Å². The first-order valence-electron chi connectivity index (χ1n) is 6.34. The average molecular weight is 268 g/mol. The topological polar surface area (TPSA) is 66.6 Å². The summed E-state index contributed by atoms with van der Waals surface area (Å²) in [5, 5.41) is 12.3. The van der Waals surface area contributed by atoms with Gasteiger partial charge in [0.2, 0.25) is 5.91 Å². The Hall–Kier alpha value is -0.910. The van der Waals surface area contributed by atoms with Crippen LogP contribution in [0.15, 0.2) is 17.5 Å².